The van der Waals surface area contributed by atoms with E-state index >= 15 is 0 Å². The molecule has 8 nitrogen and oxygen atoms in total. The van der Waals surface area contributed by atoms with Crippen LogP contribution in [0.5, 0.6) is 0 Å². The SMILES string of the molecule is Cc1nc2sccn2c1C(=O)N1CCC2(CCN(S(=O)(=O)c3cccc4cnccc34)C2)C1. The van der Waals surface area contributed by atoms with E-state index < -0.39 is 10.0 Å². The fourth-order valence-corrected chi connectivity index (χ4v) is 7.83. The highest BCUT2D eigenvalue weighted by Crippen LogP contribution is 2.42. The fraction of sp³-hybridized carbons (Fsp3) is 0.348. The molecule has 2 aliphatic heterocycles. The Bertz CT molecular complexity index is 1500. The van der Waals surface area contributed by atoms with Crippen LogP contribution in [0.25, 0.3) is 15.7 Å². The number of hydrogen-bond acceptors (Lipinski definition) is 6. The molecule has 1 unspecified atom stereocenters. The van der Waals surface area contributed by atoms with E-state index in [1.165, 1.54) is 11.3 Å². The Morgan fingerprint density at radius 2 is 2.00 bits per heavy atom. The van der Waals surface area contributed by atoms with Crippen LogP contribution in [0.3, 0.4) is 0 Å². The standard InChI is InChI=1S/C23H23N5O3S2/c1-16-20(28-11-12-32-22(28)25-16)21(29)26-9-6-23(14-26)7-10-27(15-23)33(30,31)19-4-2-3-17-13-24-8-5-18(17)19/h2-5,8,11-13H,6-7,9-10,14-15H2,1H3. The molecule has 6 rings (SSSR count). The summed E-state index contributed by atoms with van der Waals surface area (Å²) in [4.78, 5) is 25.0. The fourth-order valence-electron chi connectivity index (χ4n) is 5.30. The number of sulfonamides is 1. The number of nitrogens with zero attached hydrogens (tertiary/aromatic N) is 5. The summed E-state index contributed by atoms with van der Waals surface area (Å²) in [5.74, 6) is -0.0295. The molecule has 0 bridgehead atoms. The Hall–Kier alpha value is -2.82. The molecule has 1 amide bonds. The Balaban J connectivity index is 1.25. The molecule has 170 valence electrons. The first kappa shape index (κ1) is 20.8. The molecule has 1 spiro atoms. The number of aromatic nitrogens is 3. The van der Waals surface area contributed by atoms with Gasteiger partial charge in [0.05, 0.1) is 10.6 Å². The molecule has 5 heterocycles. The minimum Gasteiger partial charge on any atom is -0.337 e. The lowest BCUT2D eigenvalue weighted by Crippen LogP contribution is -2.36. The summed E-state index contributed by atoms with van der Waals surface area (Å²) in [5, 5.41) is 3.42. The topological polar surface area (TPSA) is 87.9 Å². The molecule has 1 aromatic carbocycles. The zero-order valence-electron chi connectivity index (χ0n) is 18.1. The van der Waals surface area contributed by atoms with Gasteiger partial charge in [-0.15, -0.1) is 11.3 Å². The van der Waals surface area contributed by atoms with Gasteiger partial charge in [0.2, 0.25) is 10.0 Å². The van der Waals surface area contributed by atoms with Crippen molar-refractivity contribution in [1.82, 2.24) is 23.6 Å². The maximum absolute atomic E-state index is 13.6. The number of likely N-dealkylation sites (tertiary alicyclic amines) is 1. The molecule has 10 heteroatoms. The predicted octanol–water partition coefficient (Wildman–Crippen LogP) is 3.18. The highest BCUT2D eigenvalue weighted by atomic mass is 32.2. The lowest BCUT2D eigenvalue weighted by molar-refractivity contribution is 0.0767. The largest absolute Gasteiger partial charge is 0.337 e. The third-order valence-electron chi connectivity index (χ3n) is 7.03. The van der Waals surface area contributed by atoms with Crippen molar-refractivity contribution in [1.29, 1.82) is 0 Å². The van der Waals surface area contributed by atoms with Gasteiger partial charge in [-0.05, 0) is 31.9 Å². The van der Waals surface area contributed by atoms with E-state index in [-0.39, 0.29) is 11.3 Å². The van der Waals surface area contributed by atoms with Gasteiger partial charge in [-0.2, -0.15) is 4.31 Å². The lowest BCUT2D eigenvalue weighted by Gasteiger charge is -2.25. The maximum Gasteiger partial charge on any atom is 0.272 e. The zero-order valence-corrected chi connectivity index (χ0v) is 19.8. The van der Waals surface area contributed by atoms with E-state index in [1.54, 1.807) is 34.9 Å². The van der Waals surface area contributed by atoms with E-state index in [1.807, 2.05) is 33.9 Å². The highest BCUT2D eigenvalue weighted by Gasteiger charge is 2.48. The Kier molecular flexibility index (Phi) is 4.62. The molecule has 0 N–H and O–H groups in total. The first-order valence-corrected chi connectivity index (χ1v) is 13.2. The van der Waals surface area contributed by atoms with Crippen molar-refractivity contribution in [3.05, 3.63) is 59.6 Å². The number of thiazole rings is 1. The van der Waals surface area contributed by atoms with Gasteiger partial charge >= 0.3 is 0 Å². The molecule has 2 aliphatic rings. The molecule has 1 atom stereocenters. The van der Waals surface area contributed by atoms with E-state index in [2.05, 4.69) is 9.97 Å². The molecule has 0 aliphatic carbocycles. The first-order valence-electron chi connectivity index (χ1n) is 10.9. The minimum atomic E-state index is -3.65. The number of carbonyl (C=O) groups excluding carboxylic acids is 1. The van der Waals surface area contributed by atoms with E-state index in [4.69, 9.17) is 0 Å². The Morgan fingerprint density at radius 3 is 2.88 bits per heavy atom. The van der Waals surface area contributed by atoms with Gasteiger partial charge in [-0.25, -0.2) is 13.4 Å². The number of imidazole rings is 1. The second kappa shape index (κ2) is 7.34. The third-order valence-corrected chi connectivity index (χ3v) is 9.69. The van der Waals surface area contributed by atoms with Crippen LogP contribution in [0.2, 0.25) is 0 Å². The van der Waals surface area contributed by atoms with Gasteiger partial charge in [-0.3, -0.25) is 14.2 Å². The number of hydrogen-bond donors (Lipinski definition) is 0. The summed E-state index contributed by atoms with van der Waals surface area (Å²) in [6.45, 7) is 3.95. The van der Waals surface area contributed by atoms with Crippen molar-refractivity contribution in [2.24, 2.45) is 5.41 Å². The monoisotopic (exact) mass is 481 g/mol. The highest BCUT2D eigenvalue weighted by molar-refractivity contribution is 7.89. The summed E-state index contributed by atoms with van der Waals surface area (Å²) in [7, 11) is -3.65. The van der Waals surface area contributed by atoms with E-state index in [0.29, 0.717) is 42.2 Å². The lowest BCUT2D eigenvalue weighted by atomic mass is 9.86. The van der Waals surface area contributed by atoms with E-state index in [9.17, 15) is 13.2 Å². The van der Waals surface area contributed by atoms with Crippen molar-refractivity contribution in [2.45, 2.75) is 24.7 Å². The Labute approximate surface area is 195 Å². The summed E-state index contributed by atoms with van der Waals surface area (Å²) in [6, 6.07) is 7.05. The Morgan fingerprint density at radius 1 is 1.15 bits per heavy atom. The van der Waals surface area contributed by atoms with Crippen LogP contribution in [0.15, 0.2) is 53.1 Å². The van der Waals surface area contributed by atoms with Crippen LogP contribution in [0.1, 0.15) is 29.0 Å². The molecule has 0 radical (unpaired) electrons. The number of amides is 1. The quantitative estimate of drug-likeness (QED) is 0.449. The molecule has 4 aromatic rings. The van der Waals surface area contributed by atoms with Gasteiger partial charge in [0.25, 0.3) is 5.91 Å². The van der Waals surface area contributed by atoms with Gasteiger partial charge in [0.15, 0.2) is 4.96 Å². The first-order chi connectivity index (χ1) is 15.9. The van der Waals surface area contributed by atoms with Crippen molar-refractivity contribution in [2.75, 3.05) is 26.2 Å². The third kappa shape index (κ3) is 3.19. The number of carbonyl (C=O) groups is 1. The van der Waals surface area contributed by atoms with Crippen LogP contribution in [-0.4, -0.2) is 64.1 Å². The van der Waals surface area contributed by atoms with Gasteiger partial charge in [0.1, 0.15) is 5.69 Å². The van der Waals surface area contributed by atoms with Crippen LogP contribution in [-0.2, 0) is 10.0 Å². The van der Waals surface area contributed by atoms with Crippen LogP contribution in [0.4, 0.5) is 0 Å². The number of fused-ring (bicyclic) bond motifs is 2. The predicted molar refractivity (Wildman–Crippen MR) is 126 cm³/mol. The van der Waals surface area contributed by atoms with E-state index in [0.717, 1.165) is 28.9 Å². The molecule has 0 saturated carbocycles. The minimum absolute atomic E-state index is 0.0295. The summed E-state index contributed by atoms with van der Waals surface area (Å²) in [6.07, 6.45) is 6.73. The number of pyridine rings is 1. The summed E-state index contributed by atoms with van der Waals surface area (Å²) >= 11 is 1.51. The average Bonchev–Trinajstić information content (AvgIpc) is 3.58. The molecular weight excluding hydrogens is 458 g/mol. The zero-order chi connectivity index (χ0) is 22.8. The van der Waals surface area contributed by atoms with Gasteiger partial charge in [-0.1, -0.05) is 12.1 Å². The molecule has 2 fully saturated rings. The normalized spacial score (nSPS) is 21.7. The smallest absolute Gasteiger partial charge is 0.272 e. The summed E-state index contributed by atoms with van der Waals surface area (Å²) in [5.41, 5.74) is 1.13. The van der Waals surface area contributed by atoms with Gasteiger partial charge < -0.3 is 4.90 Å². The molecule has 3 aromatic heterocycles. The van der Waals surface area contributed by atoms with Crippen molar-refractivity contribution in [3.63, 3.8) is 0 Å². The summed E-state index contributed by atoms with van der Waals surface area (Å²) < 4.78 is 30.6. The molecule has 33 heavy (non-hydrogen) atoms. The number of benzene rings is 1. The van der Waals surface area contributed by atoms with Crippen molar-refractivity contribution < 1.29 is 13.2 Å². The van der Waals surface area contributed by atoms with Crippen LogP contribution >= 0.6 is 11.3 Å². The second-order valence-corrected chi connectivity index (χ2v) is 11.8. The number of aryl methyl sites for hydroxylation is 1. The van der Waals surface area contributed by atoms with Gasteiger partial charge in [0, 0.05) is 66.3 Å². The average molecular weight is 482 g/mol. The number of rotatable bonds is 3. The van der Waals surface area contributed by atoms with Crippen molar-refractivity contribution >= 4 is 43.0 Å². The van der Waals surface area contributed by atoms with Crippen molar-refractivity contribution in [3.8, 4) is 0 Å². The maximum atomic E-state index is 13.6. The van der Waals surface area contributed by atoms with Crippen LogP contribution < -0.4 is 0 Å². The molecular formula is C23H23N5O3S2. The molecule has 2 saturated heterocycles. The second-order valence-electron chi connectivity index (χ2n) is 9.02. The van der Waals surface area contributed by atoms with Crippen LogP contribution in [0, 0.1) is 12.3 Å².